The number of esters is 1. The first kappa shape index (κ1) is 16.6. The van der Waals surface area contributed by atoms with Gasteiger partial charge in [0.15, 0.2) is 0 Å². The number of anilines is 1. The molecule has 0 bridgehead atoms. The van der Waals surface area contributed by atoms with E-state index in [0.29, 0.717) is 5.69 Å². The van der Waals surface area contributed by atoms with Crippen molar-refractivity contribution in [2.75, 3.05) is 12.4 Å². The summed E-state index contributed by atoms with van der Waals surface area (Å²) in [5, 5.41) is 2.85. The van der Waals surface area contributed by atoms with Crippen LogP contribution in [0.2, 0.25) is 5.02 Å². The van der Waals surface area contributed by atoms with Gasteiger partial charge in [-0.15, -0.1) is 0 Å². The molecule has 1 rings (SSSR count). The van der Waals surface area contributed by atoms with E-state index < -0.39 is 23.6 Å². The maximum absolute atomic E-state index is 12.5. The second-order valence-corrected chi connectivity index (χ2v) is 4.84. The zero-order valence-corrected chi connectivity index (χ0v) is 12.0. The molecule has 0 aliphatic carbocycles. The van der Waals surface area contributed by atoms with Crippen LogP contribution in [-0.4, -0.2) is 19.1 Å². The third-order valence-electron chi connectivity index (χ3n) is 3.00. The van der Waals surface area contributed by atoms with Gasteiger partial charge < -0.3 is 10.1 Å². The summed E-state index contributed by atoms with van der Waals surface area (Å²) in [7, 11) is 1.27. The Bertz CT molecular complexity index is 491. The van der Waals surface area contributed by atoms with Crippen molar-refractivity contribution in [2.45, 2.75) is 26.1 Å². The molecule has 20 heavy (non-hydrogen) atoms. The van der Waals surface area contributed by atoms with Crippen LogP contribution >= 0.6 is 11.6 Å². The molecular weight excluding hydrogens is 295 g/mol. The summed E-state index contributed by atoms with van der Waals surface area (Å²) in [5.41, 5.74) is -0.482. The van der Waals surface area contributed by atoms with Crippen LogP contribution in [0.4, 0.5) is 18.9 Å². The third kappa shape index (κ3) is 4.03. The Labute approximate surface area is 120 Å². The topological polar surface area (TPSA) is 38.3 Å². The minimum absolute atomic E-state index is 0.0521. The zero-order valence-electron chi connectivity index (χ0n) is 11.2. The number of hydrogen-bond acceptors (Lipinski definition) is 3. The molecule has 3 nitrogen and oxygen atoms in total. The predicted octanol–water partition coefficient (Wildman–Crippen LogP) is 3.97. The van der Waals surface area contributed by atoms with E-state index in [0.717, 1.165) is 12.1 Å². The van der Waals surface area contributed by atoms with Crippen molar-refractivity contribution in [3.8, 4) is 0 Å². The van der Waals surface area contributed by atoms with Gasteiger partial charge in [0, 0.05) is 6.04 Å². The number of methoxy groups -OCH3 is 1. The van der Waals surface area contributed by atoms with Crippen LogP contribution in [0.15, 0.2) is 18.2 Å². The number of nitrogens with one attached hydrogen (secondary N) is 1. The summed E-state index contributed by atoms with van der Waals surface area (Å²) in [4.78, 5) is 11.4. The fourth-order valence-corrected chi connectivity index (χ4v) is 1.80. The van der Waals surface area contributed by atoms with E-state index in [4.69, 9.17) is 11.6 Å². The molecule has 0 saturated heterocycles. The second-order valence-electron chi connectivity index (χ2n) is 4.44. The van der Waals surface area contributed by atoms with Gasteiger partial charge in [-0.25, -0.2) is 0 Å². The number of hydrogen-bond donors (Lipinski definition) is 1. The predicted molar refractivity (Wildman–Crippen MR) is 70.7 cm³/mol. The van der Waals surface area contributed by atoms with Gasteiger partial charge in [0.25, 0.3) is 0 Å². The van der Waals surface area contributed by atoms with Crippen molar-refractivity contribution in [3.63, 3.8) is 0 Å². The molecular formula is C13H15ClF3NO2. The molecule has 1 aromatic carbocycles. The fourth-order valence-electron chi connectivity index (χ4n) is 1.57. The summed E-state index contributed by atoms with van der Waals surface area (Å²) in [5.74, 6) is -0.869. The highest BCUT2D eigenvalue weighted by molar-refractivity contribution is 6.33. The molecule has 0 heterocycles. The average molecular weight is 310 g/mol. The lowest BCUT2D eigenvalue weighted by Gasteiger charge is -2.21. The zero-order chi connectivity index (χ0) is 15.5. The molecule has 1 aromatic rings. The molecule has 0 fully saturated rings. The summed E-state index contributed by atoms with van der Waals surface area (Å²) < 4.78 is 42.1. The molecule has 2 atom stereocenters. The van der Waals surface area contributed by atoms with Crippen LogP contribution in [0.25, 0.3) is 0 Å². The maximum atomic E-state index is 12.5. The van der Waals surface area contributed by atoms with E-state index in [1.54, 1.807) is 13.8 Å². The number of ether oxygens (including phenoxy) is 1. The van der Waals surface area contributed by atoms with Crippen LogP contribution < -0.4 is 5.32 Å². The lowest BCUT2D eigenvalue weighted by molar-refractivity contribution is -0.145. The first-order chi connectivity index (χ1) is 9.16. The van der Waals surface area contributed by atoms with E-state index >= 15 is 0 Å². The molecule has 7 heteroatoms. The lowest BCUT2D eigenvalue weighted by Crippen LogP contribution is -2.30. The van der Waals surface area contributed by atoms with E-state index in [1.165, 1.54) is 13.2 Å². The van der Waals surface area contributed by atoms with Gasteiger partial charge >= 0.3 is 12.1 Å². The molecule has 0 radical (unpaired) electrons. The van der Waals surface area contributed by atoms with Crippen molar-refractivity contribution in [1.29, 1.82) is 0 Å². The van der Waals surface area contributed by atoms with Gasteiger partial charge in [-0.1, -0.05) is 11.6 Å². The van der Waals surface area contributed by atoms with Gasteiger partial charge in [-0.3, -0.25) is 4.79 Å². The van der Waals surface area contributed by atoms with Crippen LogP contribution in [-0.2, 0) is 15.7 Å². The van der Waals surface area contributed by atoms with Crippen molar-refractivity contribution in [2.24, 2.45) is 5.92 Å². The number of carbonyl (C=O) groups is 1. The van der Waals surface area contributed by atoms with Gasteiger partial charge in [0.05, 0.1) is 29.3 Å². The Morgan fingerprint density at radius 3 is 2.40 bits per heavy atom. The van der Waals surface area contributed by atoms with Crippen LogP contribution in [0, 0.1) is 5.92 Å². The van der Waals surface area contributed by atoms with Gasteiger partial charge in [0.1, 0.15) is 0 Å². The van der Waals surface area contributed by atoms with E-state index in [9.17, 15) is 18.0 Å². The van der Waals surface area contributed by atoms with E-state index in [2.05, 4.69) is 10.1 Å². The van der Waals surface area contributed by atoms with E-state index in [-0.39, 0.29) is 11.1 Å². The fraction of sp³-hybridized carbons (Fsp3) is 0.462. The number of rotatable bonds is 4. The van der Waals surface area contributed by atoms with Crippen LogP contribution in [0.3, 0.4) is 0 Å². The van der Waals surface area contributed by atoms with Gasteiger partial charge in [-0.2, -0.15) is 13.2 Å². The second kappa shape index (κ2) is 6.35. The Morgan fingerprint density at radius 1 is 1.35 bits per heavy atom. The van der Waals surface area contributed by atoms with Gasteiger partial charge in [-0.05, 0) is 32.0 Å². The van der Waals surface area contributed by atoms with Crippen molar-refractivity contribution < 1.29 is 22.7 Å². The summed E-state index contributed by atoms with van der Waals surface area (Å²) in [6.07, 6.45) is -4.44. The SMILES string of the molecule is COC(=O)C(C)C(C)Nc1ccc(C(F)(F)F)cc1Cl. The van der Waals surface area contributed by atoms with Crippen LogP contribution in [0.5, 0.6) is 0 Å². The minimum atomic E-state index is -4.44. The molecule has 2 unspecified atom stereocenters. The highest BCUT2D eigenvalue weighted by Crippen LogP contribution is 2.34. The number of benzene rings is 1. The number of carbonyl (C=O) groups excluding carboxylic acids is 1. The van der Waals surface area contributed by atoms with E-state index in [1.807, 2.05) is 0 Å². The van der Waals surface area contributed by atoms with Crippen molar-refractivity contribution in [3.05, 3.63) is 28.8 Å². The summed E-state index contributed by atoms with van der Waals surface area (Å²) >= 11 is 5.82. The Hall–Kier alpha value is -1.43. The van der Waals surface area contributed by atoms with Crippen LogP contribution in [0.1, 0.15) is 19.4 Å². The molecule has 0 saturated carbocycles. The molecule has 0 aliphatic heterocycles. The average Bonchev–Trinajstić information content (AvgIpc) is 2.37. The Kier molecular flexibility index (Phi) is 5.28. The first-order valence-corrected chi connectivity index (χ1v) is 6.25. The highest BCUT2D eigenvalue weighted by Gasteiger charge is 2.31. The Morgan fingerprint density at radius 2 is 1.95 bits per heavy atom. The van der Waals surface area contributed by atoms with Crippen molar-refractivity contribution in [1.82, 2.24) is 0 Å². The third-order valence-corrected chi connectivity index (χ3v) is 3.32. The molecule has 112 valence electrons. The number of halogens is 4. The standard InChI is InChI=1S/C13H15ClF3NO2/c1-7(12(19)20-3)8(2)18-11-5-4-9(6-10(11)14)13(15,16)17/h4-8,18H,1-3H3. The smallest absolute Gasteiger partial charge is 0.416 e. The molecule has 0 aliphatic rings. The highest BCUT2D eigenvalue weighted by atomic mass is 35.5. The summed E-state index contributed by atoms with van der Waals surface area (Å²) in [6.45, 7) is 3.37. The summed E-state index contributed by atoms with van der Waals surface area (Å²) in [6, 6.07) is 2.69. The Balaban J connectivity index is 2.86. The number of alkyl halides is 3. The normalized spacial score (nSPS) is 14.6. The molecule has 0 amide bonds. The maximum Gasteiger partial charge on any atom is 0.416 e. The quantitative estimate of drug-likeness (QED) is 0.855. The van der Waals surface area contributed by atoms with Gasteiger partial charge in [0.2, 0.25) is 0 Å². The largest absolute Gasteiger partial charge is 0.469 e. The lowest BCUT2D eigenvalue weighted by atomic mass is 10.0. The molecule has 0 spiro atoms. The molecule has 1 N–H and O–H groups in total. The monoisotopic (exact) mass is 309 g/mol. The van der Waals surface area contributed by atoms with Crippen molar-refractivity contribution >= 4 is 23.3 Å². The first-order valence-electron chi connectivity index (χ1n) is 5.88. The molecule has 0 aromatic heterocycles. The minimum Gasteiger partial charge on any atom is -0.469 e.